The Balaban J connectivity index is 2.11. The molecule has 0 aliphatic carbocycles. The van der Waals surface area contributed by atoms with Gasteiger partial charge in [0.1, 0.15) is 0 Å². The van der Waals surface area contributed by atoms with E-state index in [0.29, 0.717) is 18.1 Å². The predicted octanol–water partition coefficient (Wildman–Crippen LogP) is 1.67. The second kappa shape index (κ2) is 6.30. The van der Waals surface area contributed by atoms with Crippen LogP contribution in [-0.2, 0) is 6.54 Å². The van der Waals surface area contributed by atoms with Gasteiger partial charge in [0.25, 0.3) is 0 Å². The minimum atomic E-state index is -0.718. The van der Waals surface area contributed by atoms with Crippen molar-refractivity contribution in [1.82, 2.24) is 9.88 Å². The molecule has 0 aliphatic rings. The Morgan fingerprint density at radius 3 is 2.84 bits per heavy atom. The molecular weight excluding hydrogens is 264 g/mol. The zero-order valence-electron chi connectivity index (χ0n) is 10.8. The number of aromatic nitrogens is 1. The molecule has 102 valence electrons. The van der Waals surface area contributed by atoms with Crippen molar-refractivity contribution in [2.24, 2.45) is 0 Å². The highest BCUT2D eigenvalue weighted by atomic mass is 35.5. The fourth-order valence-electron chi connectivity index (χ4n) is 1.99. The molecule has 0 saturated carbocycles. The Morgan fingerprint density at radius 2 is 2.11 bits per heavy atom. The maximum atomic E-state index is 9.38. The zero-order chi connectivity index (χ0) is 13.8. The molecule has 0 radical (unpaired) electrons. The second-order valence-corrected chi connectivity index (χ2v) is 5.11. The van der Waals surface area contributed by atoms with Gasteiger partial charge >= 0.3 is 0 Å². The van der Waals surface area contributed by atoms with Gasteiger partial charge in [-0.3, -0.25) is 9.88 Å². The Kier molecular flexibility index (Phi) is 4.71. The summed E-state index contributed by atoms with van der Waals surface area (Å²) in [6.07, 6.45) is -0.718. The molecule has 0 fully saturated rings. The Labute approximate surface area is 117 Å². The van der Waals surface area contributed by atoms with Crippen LogP contribution in [0, 0.1) is 0 Å². The number of likely N-dealkylation sites (N-methyl/N-ethyl adjacent to an activating group) is 1. The highest BCUT2D eigenvalue weighted by Crippen LogP contribution is 2.18. The molecule has 0 aliphatic heterocycles. The van der Waals surface area contributed by atoms with E-state index in [1.165, 1.54) is 0 Å². The van der Waals surface area contributed by atoms with Crippen LogP contribution >= 0.6 is 11.6 Å². The van der Waals surface area contributed by atoms with Gasteiger partial charge in [0, 0.05) is 23.5 Å². The van der Waals surface area contributed by atoms with E-state index in [0.717, 1.165) is 16.6 Å². The number of halogens is 1. The number of benzene rings is 1. The summed E-state index contributed by atoms with van der Waals surface area (Å²) in [5, 5.41) is 19.9. The summed E-state index contributed by atoms with van der Waals surface area (Å²) in [5.41, 5.74) is 1.82. The van der Waals surface area contributed by atoms with Gasteiger partial charge in [-0.2, -0.15) is 0 Å². The lowest BCUT2D eigenvalue weighted by atomic mass is 10.2. The average Bonchev–Trinajstić information content (AvgIpc) is 2.38. The van der Waals surface area contributed by atoms with Crippen LogP contribution in [0.1, 0.15) is 5.69 Å². The van der Waals surface area contributed by atoms with Crippen LogP contribution in [0.3, 0.4) is 0 Å². The van der Waals surface area contributed by atoms with Crippen molar-refractivity contribution < 1.29 is 10.2 Å². The van der Waals surface area contributed by atoms with Gasteiger partial charge in [-0.15, -0.1) is 0 Å². The number of rotatable bonds is 5. The number of hydrogen-bond donors (Lipinski definition) is 2. The van der Waals surface area contributed by atoms with Crippen LogP contribution in [0.25, 0.3) is 10.9 Å². The molecule has 4 nitrogen and oxygen atoms in total. The molecule has 1 unspecified atom stereocenters. The third-order valence-electron chi connectivity index (χ3n) is 2.87. The molecule has 0 amide bonds. The molecule has 19 heavy (non-hydrogen) atoms. The smallest absolute Gasteiger partial charge is 0.0897 e. The lowest BCUT2D eigenvalue weighted by Gasteiger charge is -2.18. The van der Waals surface area contributed by atoms with Gasteiger partial charge in [-0.1, -0.05) is 17.7 Å². The number of hydrogen-bond acceptors (Lipinski definition) is 4. The topological polar surface area (TPSA) is 56.6 Å². The summed E-state index contributed by atoms with van der Waals surface area (Å²) in [4.78, 5) is 6.47. The first-order chi connectivity index (χ1) is 9.08. The molecule has 0 spiro atoms. The first-order valence-electron chi connectivity index (χ1n) is 6.11. The monoisotopic (exact) mass is 280 g/mol. The Hall–Kier alpha value is -1.20. The molecule has 0 bridgehead atoms. The standard InChI is InChI=1S/C14H17ClN2O2/c1-17(8-13(19)9-18)7-12-4-2-10-6-11(15)3-5-14(10)16-12/h2-6,13,18-19H,7-9H2,1H3. The van der Waals surface area contributed by atoms with Gasteiger partial charge in [-0.05, 0) is 31.3 Å². The van der Waals surface area contributed by atoms with Crippen LogP contribution in [0.5, 0.6) is 0 Å². The third-order valence-corrected chi connectivity index (χ3v) is 3.11. The summed E-state index contributed by atoms with van der Waals surface area (Å²) in [6, 6.07) is 9.52. The van der Waals surface area contributed by atoms with E-state index in [2.05, 4.69) is 4.98 Å². The highest BCUT2D eigenvalue weighted by Gasteiger charge is 2.08. The van der Waals surface area contributed by atoms with Crippen LogP contribution in [0.15, 0.2) is 30.3 Å². The quantitative estimate of drug-likeness (QED) is 0.875. The van der Waals surface area contributed by atoms with E-state index >= 15 is 0 Å². The SMILES string of the molecule is CN(Cc1ccc2cc(Cl)ccc2n1)CC(O)CO. The van der Waals surface area contributed by atoms with Crippen molar-refractivity contribution in [2.75, 3.05) is 20.2 Å². The summed E-state index contributed by atoms with van der Waals surface area (Å²) in [6.45, 7) is 0.806. The average molecular weight is 281 g/mol. The molecule has 1 aromatic heterocycles. The molecule has 2 aromatic rings. The fourth-order valence-corrected chi connectivity index (χ4v) is 2.17. The Morgan fingerprint density at radius 1 is 1.32 bits per heavy atom. The molecule has 5 heteroatoms. The predicted molar refractivity (Wildman–Crippen MR) is 76.2 cm³/mol. The van der Waals surface area contributed by atoms with Gasteiger partial charge < -0.3 is 10.2 Å². The van der Waals surface area contributed by atoms with Crippen molar-refractivity contribution in [2.45, 2.75) is 12.6 Å². The summed E-state index contributed by atoms with van der Waals surface area (Å²) < 4.78 is 0. The summed E-state index contributed by atoms with van der Waals surface area (Å²) in [5.74, 6) is 0. The summed E-state index contributed by atoms with van der Waals surface area (Å²) >= 11 is 5.93. The molecule has 1 heterocycles. The number of nitrogens with zero attached hydrogens (tertiary/aromatic N) is 2. The van der Waals surface area contributed by atoms with E-state index in [4.69, 9.17) is 16.7 Å². The normalized spacial score (nSPS) is 13.1. The first-order valence-corrected chi connectivity index (χ1v) is 6.49. The van der Waals surface area contributed by atoms with Gasteiger partial charge in [0.15, 0.2) is 0 Å². The number of aliphatic hydroxyl groups is 2. The highest BCUT2D eigenvalue weighted by molar-refractivity contribution is 6.31. The molecule has 2 rings (SSSR count). The van der Waals surface area contributed by atoms with Gasteiger partial charge in [0.05, 0.1) is 23.9 Å². The number of aliphatic hydroxyl groups excluding tert-OH is 2. The van der Waals surface area contributed by atoms with Crippen LogP contribution in [0.4, 0.5) is 0 Å². The lowest BCUT2D eigenvalue weighted by molar-refractivity contribution is 0.0645. The van der Waals surface area contributed by atoms with E-state index in [1.807, 2.05) is 42.3 Å². The number of fused-ring (bicyclic) bond motifs is 1. The van der Waals surface area contributed by atoms with Crippen molar-refractivity contribution in [3.8, 4) is 0 Å². The minimum Gasteiger partial charge on any atom is -0.394 e. The zero-order valence-corrected chi connectivity index (χ0v) is 11.5. The maximum absolute atomic E-state index is 9.38. The van der Waals surface area contributed by atoms with Crippen LogP contribution in [-0.4, -0.2) is 46.4 Å². The second-order valence-electron chi connectivity index (χ2n) is 4.67. The minimum absolute atomic E-state index is 0.228. The fraction of sp³-hybridized carbons (Fsp3) is 0.357. The number of pyridine rings is 1. The first kappa shape index (κ1) is 14.2. The van der Waals surface area contributed by atoms with Crippen molar-refractivity contribution in [3.63, 3.8) is 0 Å². The largest absolute Gasteiger partial charge is 0.394 e. The molecule has 2 N–H and O–H groups in total. The molecule has 1 aromatic carbocycles. The van der Waals surface area contributed by atoms with Crippen LogP contribution < -0.4 is 0 Å². The molecule has 0 saturated heterocycles. The maximum Gasteiger partial charge on any atom is 0.0897 e. The third kappa shape index (κ3) is 3.88. The van der Waals surface area contributed by atoms with Crippen molar-refractivity contribution in [1.29, 1.82) is 0 Å². The van der Waals surface area contributed by atoms with E-state index in [-0.39, 0.29) is 6.61 Å². The summed E-state index contributed by atoms with van der Waals surface area (Å²) in [7, 11) is 1.88. The van der Waals surface area contributed by atoms with Crippen molar-refractivity contribution >= 4 is 22.5 Å². The molecule has 1 atom stereocenters. The Bertz CT molecular complexity index is 562. The van der Waals surface area contributed by atoms with Crippen molar-refractivity contribution in [3.05, 3.63) is 41.0 Å². The van der Waals surface area contributed by atoms with Crippen LogP contribution in [0.2, 0.25) is 5.02 Å². The van der Waals surface area contributed by atoms with E-state index in [9.17, 15) is 5.11 Å². The molecular formula is C14H17ClN2O2. The van der Waals surface area contributed by atoms with E-state index < -0.39 is 6.10 Å². The lowest BCUT2D eigenvalue weighted by Crippen LogP contribution is -2.31. The van der Waals surface area contributed by atoms with Gasteiger partial charge in [0.2, 0.25) is 0 Å². The van der Waals surface area contributed by atoms with Gasteiger partial charge in [-0.25, -0.2) is 0 Å². The van der Waals surface area contributed by atoms with E-state index in [1.54, 1.807) is 0 Å².